The molecule has 5 heteroatoms. The van der Waals surface area contributed by atoms with Gasteiger partial charge in [-0.3, -0.25) is 0 Å². The van der Waals surface area contributed by atoms with Crippen molar-refractivity contribution in [3.8, 4) is 5.88 Å². The lowest BCUT2D eigenvalue weighted by atomic mass is 10.2. The number of pyridine rings is 1. The molecule has 1 N–H and O–H groups in total. The van der Waals surface area contributed by atoms with Crippen molar-refractivity contribution in [3.05, 3.63) is 52.4 Å². The van der Waals surface area contributed by atoms with Gasteiger partial charge in [-0.1, -0.05) is 22.0 Å². The second kappa shape index (κ2) is 6.70. The van der Waals surface area contributed by atoms with Gasteiger partial charge in [0.1, 0.15) is 5.82 Å². The second-order valence-electron chi connectivity index (χ2n) is 4.61. The monoisotopic (exact) mass is 338 g/mol. The maximum atomic E-state index is 13.0. The van der Waals surface area contributed by atoms with E-state index < -0.39 is 0 Å². The van der Waals surface area contributed by atoms with Crippen molar-refractivity contribution in [2.75, 3.05) is 5.32 Å². The molecule has 20 heavy (non-hydrogen) atoms. The number of anilines is 1. The Morgan fingerprint density at radius 3 is 2.85 bits per heavy atom. The molecule has 0 saturated heterocycles. The minimum atomic E-state index is -0.258. The third-order valence-corrected chi connectivity index (χ3v) is 3.34. The first-order valence-corrected chi connectivity index (χ1v) is 7.15. The highest BCUT2D eigenvalue weighted by Gasteiger charge is 2.07. The number of hydrogen-bond acceptors (Lipinski definition) is 3. The Bertz CT molecular complexity index is 590. The van der Waals surface area contributed by atoms with Crippen LogP contribution in [0.1, 0.15) is 19.4 Å². The molecule has 0 bridgehead atoms. The fraction of sp³-hybridized carbons (Fsp3) is 0.267. The van der Waals surface area contributed by atoms with Crippen LogP contribution in [-0.4, -0.2) is 11.1 Å². The van der Waals surface area contributed by atoms with Crippen molar-refractivity contribution in [3.63, 3.8) is 0 Å². The summed E-state index contributed by atoms with van der Waals surface area (Å²) in [6, 6.07) is 8.38. The van der Waals surface area contributed by atoms with Crippen LogP contribution in [0.4, 0.5) is 10.1 Å². The highest BCUT2D eigenvalue weighted by molar-refractivity contribution is 9.10. The summed E-state index contributed by atoms with van der Waals surface area (Å²) < 4.78 is 19.4. The van der Waals surface area contributed by atoms with Crippen molar-refractivity contribution in [1.29, 1.82) is 0 Å². The average molecular weight is 339 g/mol. The quantitative estimate of drug-likeness (QED) is 0.878. The number of aromatic nitrogens is 1. The predicted molar refractivity (Wildman–Crippen MR) is 81.4 cm³/mol. The van der Waals surface area contributed by atoms with Crippen LogP contribution in [-0.2, 0) is 6.54 Å². The fourth-order valence-electron chi connectivity index (χ4n) is 1.70. The summed E-state index contributed by atoms with van der Waals surface area (Å²) in [5.41, 5.74) is 1.78. The minimum absolute atomic E-state index is 0.0583. The molecular formula is C15H16BrFN2O. The van der Waals surface area contributed by atoms with Crippen LogP contribution < -0.4 is 10.1 Å². The van der Waals surface area contributed by atoms with E-state index in [1.165, 1.54) is 12.1 Å². The van der Waals surface area contributed by atoms with Gasteiger partial charge in [-0.2, -0.15) is 0 Å². The lowest BCUT2D eigenvalue weighted by Crippen LogP contribution is -2.10. The molecule has 0 radical (unpaired) electrons. The van der Waals surface area contributed by atoms with Gasteiger partial charge < -0.3 is 10.1 Å². The zero-order chi connectivity index (χ0) is 14.5. The Balaban J connectivity index is 2.10. The van der Waals surface area contributed by atoms with Gasteiger partial charge in [0.2, 0.25) is 5.88 Å². The summed E-state index contributed by atoms with van der Waals surface area (Å²) >= 11 is 3.35. The first-order chi connectivity index (χ1) is 9.56. The highest BCUT2D eigenvalue weighted by atomic mass is 79.9. The average Bonchev–Trinajstić information content (AvgIpc) is 2.39. The molecule has 106 valence electrons. The van der Waals surface area contributed by atoms with Gasteiger partial charge in [0.25, 0.3) is 0 Å². The van der Waals surface area contributed by atoms with Gasteiger partial charge in [0.05, 0.1) is 11.8 Å². The van der Waals surface area contributed by atoms with Gasteiger partial charge >= 0.3 is 0 Å². The second-order valence-corrected chi connectivity index (χ2v) is 5.47. The molecule has 0 atom stereocenters. The van der Waals surface area contributed by atoms with Crippen LogP contribution in [0.3, 0.4) is 0 Å². The molecule has 2 aromatic rings. The van der Waals surface area contributed by atoms with Crippen molar-refractivity contribution < 1.29 is 9.13 Å². The molecule has 1 heterocycles. The third-order valence-electron chi connectivity index (χ3n) is 2.60. The molecule has 0 aliphatic heterocycles. The van der Waals surface area contributed by atoms with Gasteiger partial charge in [0.15, 0.2) is 0 Å². The molecule has 0 amide bonds. The van der Waals surface area contributed by atoms with E-state index in [2.05, 4.69) is 26.2 Å². The van der Waals surface area contributed by atoms with Crippen molar-refractivity contribution in [1.82, 2.24) is 4.98 Å². The smallest absolute Gasteiger partial charge is 0.237 e. The molecule has 0 aliphatic carbocycles. The summed E-state index contributed by atoms with van der Waals surface area (Å²) in [7, 11) is 0. The van der Waals surface area contributed by atoms with E-state index in [-0.39, 0.29) is 11.9 Å². The molecule has 0 unspecified atom stereocenters. The third kappa shape index (κ3) is 3.93. The number of rotatable bonds is 5. The molecule has 0 fully saturated rings. The maximum absolute atomic E-state index is 13.0. The van der Waals surface area contributed by atoms with Crippen molar-refractivity contribution in [2.24, 2.45) is 0 Å². The molecule has 1 aromatic heterocycles. The number of nitrogens with one attached hydrogen (secondary N) is 1. The largest absolute Gasteiger partial charge is 0.473 e. The summed E-state index contributed by atoms with van der Waals surface area (Å²) in [4.78, 5) is 4.21. The Labute approximate surface area is 126 Å². The molecule has 0 saturated carbocycles. The van der Waals surface area contributed by atoms with Crippen LogP contribution in [0.2, 0.25) is 0 Å². The number of nitrogens with zero attached hydrogens (tertiary/aromatic N) is 1. The molecule has 3 nitrogen and oxygen atoms in total. The lowest BCUT2D eigenvalue weighted by Gasteiger charge is -2.14. The number of ether oxygens (including phenoxy) is 1. The minimum Gasteiger partial charge on any atom is -0.473 e. The van der Waals surface area contributed by atoms with Crippen LogP contribution in [0.15, 0.2) is 41.0 Å². The fourth-order valence-corrected chi connectivity index (χ4v) is 2.19. The number of hydrogen-bond donors (Lipinski definition) is 1. The highest BCUT2D eigenvalue weighted by Crippen LogP contribution is 2.24. The lowest BCUT2D eigenvalue weighted by molar-refractivity contribution is 0.234. The summed E-state index contributed by atoms with van der Waals surface area (Å²) in [6.45, 7) is 4.46. The van der Waals surface area contributed by atoms with Crippen molar-refractivity contribution in [2.45, 2.75) is 26.5 Å². The molecule has 2 rings (SSSR count). The number of halogens is 2. The summed E-state index contributed by atoms with van der Waals surface area (Å²) in [6.07, 6.45) is 1.75. The molecular weight excluding hydrogens is 323 g/mol. The first-order valence-electron chi connectivity index (χ1n) is 6.35. The van der Waals surface area contributed by atoms with E-state index >= 15 is 0 Å². The maximum Gasteiger partial charge on any atom is 0.237 e. The Kier molecular flexibility index (Phi) is 4.95. The number of benzene rings is 1. The van der Waals surface area contributed by atoms with Crippen LogP contribution in [0.5, 0.6) is 5.88 Å². The topological polar surface area (TPSA) is 34.1 Å². The van der Waals surface area contributed by atoms with Crippen molar-refractivity contribution >= 4 is 21.6 Å². The van der Waals surface area contributed by atoms with Crippen LogP contribution in [0, 0.1) is 5.82 Å². The Morgan fingerprint density at radius 2 is 2.15 bits per heavy atom. The SMILES string of the molecule is CC(C)Oc1ncccc1NCc1ccc(F)cc1Br. The predicted octanol–water partition coefficient (Wildman–Crippen LogP) is 4.38. The standard InChI is InChI=1S/C15H16BrFN2O/c1-10(2)20-15-14(4-3-7-18-15)19-9-11-5-6-12(17)8-13(11)16/h3-8,10,19H,9H2,1-2H3. The van der Waals surface area contributed by atoms with E-state index in [0.29, 0.717) is 12.4 Å². The Morgan fingerprint density at radius 1 is 1.35 bits per heavy atom. The van der Waals surface area contributed by atoms with E-state index in [1.54, 1.807) is 12.3 Å². The van der Waals surface area contributed by atoms with Gasteiger partial charge in [-0.05, 0) is 43.7 Å². The summed E-state index contributed by atoms with van der Waals surface area (Å²) in [5.74, 6) is 0.312. The first kappa shape index (κ1) is 14.8. The van der Waals surface area contributed by atoms with Gasteiger partial charge in [-0.25, -0.2) is 9.37 Å². The Hall–Kier alpha value is -1.62. The van der Waals surface area contributed by atoms with Crippen LogP contribution >= 0.6 is 15.9 Å². The molecule has 0 spiro atoms. The van der Waals surface area contributed by atoms with E-state index in [0.717, 1.165) is 15.7 Å². The van der Waals surface area contributed by atoms with Gasteiger partial charge in [0, 0.05) is 17.2 Å². The van der Waals surface area contributed by atoms with E-state index in [9.17, 15) is 4.39 Å². The molecule has 0 aliphatic rings. The normalized spacial score (nSPS) is 10.7. The summed E-state index contributed by atoms with van der Waals surface area (Å²) in [5, 5.41) is 3.26. The van der Waals surface area contributed by atoms with E-state index in [4.69, 9.17) is 4.74 Å². The zero-order valence-electron chi connectivity index (χ0n) is 11.4. The van der Waals surface area contributed by atoms with Crippen LogP contribution in [0.25, 0.3) is 0 Å². The van der Waals surface area contributed by atoms with E-state index in [1.807, 2.05) is 26.0 Å². The zero-order valence-corrected chi connectivity index (χ0v) is 12.9. The van der Waals surface area contributed by atoms with Gasteiger partial charge in [-0.15, -0.1) is 0 Å². The molecule has 1 aromatic carbocycles.